The summed E-state index contributed by atoms with van der Waals surface area (Å²) in [5, 5.41) is 51.0. The molecule has 9 nitrogen and oxygen atoms in total. The number of fused-ring (bicyclic) bond motifs is 5. The molecular weight excluding hydrogens is 444 g/mol. The van der Waals surface area contributed by atoms with Crippen molar-refractivity contribution in [3.05, 3.63) is 0 Å². The van der Waals surface area contributed by atoms with E-state index in [1.165, 1.54) is 0 Å². The Labute approximate surface area is 199 Å². The first kappa shape index (κ1) is 24.6. The second-order valence-electron chi connectivity index (χ2n) is 11.9. The van der Waals surface area contributed by atoms with Crippen LogP contribution in [0, 0.1) is 34.5 Å². The number of carboxylic acid groups (broad SMARTS) is 1. The van der Waals surface area contributed by atoms with Crippen LogP contribution in [0.4, 0.5) is 0 Å². The summed E-state index contributed by atoms with van der Waals surface area (Å²) >= 11 is 0. The molecule has 13 atom stereocenters. The van der Waals surface area contributed by atoms with Crippen molar-refractivity contribution in [3.8, 4) is 0 Å². The van der Waals surface area contributed by atoms with Gasteiger partial charge in [-0.2, -0.15) is 0 Å². The van der Waals surface area contributed by atoms with Crippen molar-refractivity contribution in [1.29, 1.82) is 0 Å². The van der Waals surface area contributed by atoms with Crippen molar-refractivity contribution in [1.82, 2.24) is 0 Å². The van der Waals surface area contributed by atoms with E-state index in [1.807, 2.05) is 0 Å². The average molecular weight is 483 g/mol. The summed E-state index contributed by atoms with van der Waals surface area (Å²) in [5.74, 6) is 0.320. The van der Waals surface area contributed by atoms with Gasteiger partial charge in [0.1, 0.15) is 24.1 Å². The molecule has 5 rings (SSSR count). The zero-order valence-corrected chi connectivity index (χ0v) is 19.9. The second-order valence-corrected chi connectivity index (χ2v) is 11.9. The summed E-state index contributed by atoms with van der Waals surface area (Å²) in [4.78, 5) is 24.0. The number of rotatable bonds is 3. The van der Waals surface area contributed by atoms with Crippen LogP contribution < -0.4 is 0 Å². The second kappa shape index (κ2) is 8.49. The van der Waals surface area contributed by atoms with Gasteiger partial charge in [-0.25, -0.2) is 4.79 Å². The molecule has 4 saturated carbocycles. The van der Waals surface area contributed by atoms with E-state index in [0.717, 1.165) is 32.1 Å². The summed E-state index contributed by atoms with van der Waals surface area (Å²) in [6.45, 7) is 4.32. The van der Waals surface area contributed by atoms with Crippen LogP contribution in [0.15, 0.2) is 0 Å². The number of ether oxygens (including phenoxy) is 2. The van der Waals surface area contributed by atoms with Crippen LogP contribution in [-0.4, -0.2) is 80.2 Å². The Hall–Kier alpha value is -1.10. The molecule has 2 unspecified atom stereocenters. The van der Waals surface area contributed by atoms with Crippen LogP contribution in [0.25, 0.3) is 0 Å². The van der Waals surface area contributed by atoms with Crippen molar-refractivity contribution in [2.75, 3.05) is 0 Å². The van der Waals surface area contributed by atoms with E-state index in [4.69, 9.17) is 9.47 Å². The number of carbonyl (C=O) groups excluding carboxylic acids is 1. The van der Waals surface area contributed by atoms with Crippen molar-refractivity contribution in [2.24, 2.45) is 34.5 Å². The number of hydrogen-bond donors (Lipinski definition) is 5. The zero-order valence-electron chi connectivity index (χ0n) is 19.9. The number of aliphatic carboxylic acids is 1. The van der Waals surface area contributed by atoms with Crippen LogP contribution in [0.2, 0.25) is 0 Å². The van der Waals surface area contributed by atoms with Gasteiger partial charge in [-0.05, 0) is 67.6 Å². The molecule has 0 spiro atoms. The number of aliphatic hydroxyl groups is 4. The lowest BCUT2D eigenvalue weighted by molar-refractivity contribution is -0.313. The zero-order chi connectivity index (χ0) is 24.6. The number of aliphatic hydroxyl groups excluding tert-OH is 4. The standard InChI is InChI=1S/C25H38O9/c1-24-8-7-15-13(14(24)5-6-16(24)26)4-3-11-9-12(10-17(27)25(11,15)2)33-23-20(30)18(28)19(29)21(34-23)22(31)32/h11-15,17-21,23,27-30H,3-10H2,1-2H3,(H,31,32)/t11?,12-,13-,14-,15-,17+,18-,19-,20+,21-,23?,24-,25-/m0/s1. The van der Waals surface area contributed by atoms with Crippen molar-refractivity contribution >= 4 is 11.8 Å². The first-order valence-electron chi connectivity index (χ1n) is 12.8. The van der Waals surface area contributed by atoms with Gasteiger partial charge in [0.25, 0.3) is 0 Å². The van der Waals surface area contributed by atoms with Gasteiger partial charge < -0.3 is 35.0 Å². The number of carboxylic acids is 1. The maximum absolute atomic E-state index is 12.6. The minimum atomic E-state index is -1.76. The topological polar surface area (TPSA) is 154 Å². The molecule has 1 heterocycles. The smallest absolute Gasteiger partial charge is 0.335 e. The van der Waals surface area contributed by atoms with Crippen LogP contribution in [0.1, 0.15) is 65.2 Å². The summed E-state index contributed by atoms with van der Waals surface area (Å²) in [5.41, 5.74) is -0.503. The Morgan fingerprint density at radius 2 is 1.71 bits per heavy atom. The molecule has 0 bridgehead atoms. The van der Waals surface area contributed by atoms with Gasteiger partial charge in [-0.3, -0.25) is 4.79 Å². The van der Waals surface area contributed by atoms with Gasteiger partial charge in [0.2, 0.25) is 0 Å². The largest absolute Gasteiger partial charge is 0.479 e. The van der Waals surface area contributed by atoms with E-state index in [-0.39, 0.29) is 16.7 Å². The third-order valence-electron chi connectivity index (χ3n) is 10.6. The number of Topliss-reactive ketones (excluding diaryl/α,β-unsaturated/α-hetero) is 1. The number of hydrogen-bond acceptors (Lipinski definition) is 8. The van der Waals surface area contributed by atoms with Gasteiger partial charge in [0, 0.05) is 18.3 Å². The average Bonchev–Trinajstić information content (AvgIpc) is 3.09. The maximum atomic E-state index is 12.6. The Morgan fingerprint density at radius 1 is 0.971 bits per heavy atom. The van der Waals surface area contributed by atoms with Gasteiger partial charge in [-0.15, -0.1) is 0 Å². The van der Waals surface area contributed by atoms with E-state index >= 15 is 0 Å². The summed E-state index contributed by atoms with van der Waals surface area (Å²) in [6.07, 6.45) is -2.94. The van der Waals surface area contributed by atoms with Gasteiger partial charge in [0.15, 0.2) is 12.4 Å². The number of carbonyl (C=O) groups is 2. The predicted octanol–water partition coefficient (Wildman–Crippen LogP) is 0.846. The Morgan fingerprint density at radius 3 is 2.41 bits per heavy atom. The lowest BCUT2D eigenvalue weighted by Crippen LogP contribution is -2.62. The van der Waals surface area contributed by atoms with Gasteiger partial charge >= 0.3 is 5.97 Å². The highest BCUT2D eigenvalue weighted by Crippen LogP contribution is 2.65. The SMILES string of the molecule is C[C@]12C(CC[C@@H]3[C@@H]1CC[C@]1(C)C(=O)CC[C@@H]31)C[C@H](OC1O[C@H](C(=O)O)[C@@H](O)[C@H](O)[C@H]1O)C[C@H]2O. The van der Waals surface area contributed by atoms with E-state index in [2.05, 4.69) is 13.8 Å². The van der Waals surface area contributed by atoms with Crippen LogP contribution >= 0.6 is 0 Å². The highest BCUT2D eigenvalue weighted by molar-refractivity contribution is 5.87. The summed E-state index contributed by atoms with van der Waals surface area (Å²) < 4.78 is 11.2. The minimum absolute atomic E-state index is 0.190. The van der Waals surface area contributed by atoms with E-state index < -0.39 is 48.9 Å². The Balaban J connectivity index is 1.30. The molecule has 0 aromatic rings. The molecule has 0 radical (unpaired) electrons. The van der Waals surface area contributed by atoms with Crippen LogP contribution in [0.3, 0.4) is 0 Å². The molecule has 34 heavy (non-hydrogen) atoms. The van der Waals surface area contributed by atoms with E-state index in [1.54, 1.807) is 0 Å². The van der Waals surface area contributed by atoms with E-state index in [9.17, 15) is 35.1 Å². The lowest BCUT2D eigenvalue weighted by Gasteiger charge is -2.61. The summed E-state index contributed by atoms with van der Waals surface area (Å²) in [7, 11) is 0. The van der Waals surface area contributed by atoms with Crippen molar-refractivity contribution < 1.29 is 44.6 Å². The highest BCUT2D eigenvalue weighted by Gasteiger charge is 2.62. The lowest BCUT2D eigenvalue weighted by atomic mass is 9.44. The highest BCUT2D eigenvalue weighted by atomic mass is 16.7. The Bertz CT molecular complexity index is 833. The monoisotopic (exact) mass is 482 g/mol. The fraction of sp³-hybridized carbons (Fsp3) is 0.920. The fourth-order valence-electron chi connectivity index (χ4n) is 8.51. The molecule has 0 aromatic carbocycles. The predicted molar refractivity (Wildman–Crippen MR) is 117 cm³/mol. The molecule has 1 saturated heterocycles. The molecule has 5 fully saturated rings. The fourth-order valence-corrected chi connectivity index (χ4v) is 8.51. The molecule has 1 aliphatic heterocycles. The third kappa shape index (κ3) is 3.50. The van der Waals surface area contributed by atoms with Crippen molar-refractivity contribution in [2.45, 2.75) is 108 Å². The van der Waals surface area contributed by atoms with E-state index in [0.29, 0.717) is 42.8 Å². The third-order valence-corrected chi connectivity index (χ3v) is 10.6. The first-order chi connectivity index (χ1) is 16.0. The maximum Gasteiger partial charge on any atom is 0.335 e. The molecule has 0 aromatic heterocycles. The molecular formula is C25H38O9. The number of ketones is 1. The van der Waals surface area contributed by atoms with Crippen LogP contribution in [-0.2, 0) is 19.1 Å². The Kier molecular flexibility index (Phi) is 6.14. The minimum Gasteiger partial charge on any atom is -0.479 e. The molecule has 0 amide bonds. The molecule has 5 aliphatic rings. The first-order valence-corrected chi connectivity index (χ1v) is 12.8. The van der Waals surface area contributed by atoms with Crippen LogP contribution in [0.5, 0.6) is 0 Å². The quantitative estimate of drug-likeness (QED) is 0.368. The van der Waals surface area contributed by atoms with Crippen molar-refractivity contribution in [3.63, 3.8) is 0 Å². The normalized spacial score (nSPS) is 55.2. The van der Waals surface area contributed by atoms with Gasteiger partial charge in [-0.1, -0.05) is 13.8 Å². The van der Waals surface area contributed by atoms with Gasteiger partial charge in [0.05, 0.1) is 12.2 Å². The molecule has 4 aliphatic carbocycles. The summed E-state index contributed by atoms with van der Waals surface area (Å²) in [6, 6.07) is 0. The molecule has 9 heteroatoms. The molecule has 192 valence electrons. The molecule has 5 N–H and O–H groups in total.